The average molecular weight is 741 g/mol. The van der Waals surface area contributed by atoms with Crippen LogP contribution in [0.2, 0.25) is 0 Å². The SMILES string of the molecule is CSc1sc(C(=N)N)cc1S(=O)(=O)c1cccc(-c2ccc(NC(=O)[C@@H](N)CCC(=O)O)cc2C)c1.O=C(C(=O)C(F)(F)F)C(F)(F)F. The number of amidine groups is 1. The first-order chi connectivity index (χ1) is 22.0. The molecular formula is C28H26F6N4O7S3. The van der Waals surface area contributed by atoms with Crippen molar-refractivity contribution < 1.29 is 59.0 Å². The summed E-state index contributed by atoms with van der Waals surface area (Å²) in [4.78, 5) is 42.8. The molecule has 7 N–H and O–H groups in total. The fourth-order valence-corrected chi connectivity index (χ4v) is 7.65. The summed E-state index contributed by atoms with van der Waals surface area (Å²) in [5, 5.41) is 19.1. The fraction of sp³-hybridized carbons (Fsp3) is 0.250. The van der Waals surface area contributed by atoms with Crippen molar-refractivity contribution in [2.45, 2.75) is 52.2 Å². The Bertz CT molecular complexity index is 1820. The van der Waals surface area contributed by atoms with E-state index in [1.165, 1.54) is 35.2 Å². The number of alkyl halides is 6. The summed E-state index contributed by atoms with van der Waals surface area (Å²) in [6.45, 7) is 1.83. The standard InChI is InChI=1S/C24H26N4O5S3.C4F6O2/c1-13-10-15(28-23(31)18(25)8-9-21(29)30)6-7-17(13)14-4-3-5-16(11-14)36(32,33)20-12-19(22(26)27)35-24(20)34-2;5-3(6,7)1(11)2(12)4(8,9)10/h3-7,10-12,18H,8-9,25H2,1-2H3,(H3,26,27)(H,28,31)(H,29,30);/t18-;/m0./s1. The van der Waals surface area contributed by atoms with E-state index >= 15 is 0 Å². The van der Waals surface area contributed by atoms with E-state index in [9.17, 15) is 53.9 Å². The molecular weight excluding hydrogens is 715 g/mol. The van der Waals surface area contributed by atoms with E-state index in [0.29, 0.717) is 20.3 Å². The van der Waals surface area contributed by atoms with Crippen molar-refractivity contribution in [1.82, 2.24) is 0 Å². The van der Waals surface area contributed by atoms with Crippen molar-refractivity contribution in [2.24, 2.45) is 11.5 Å². The van der Waals surface area contributed by atoms with Crippen molar-refractivity contribution in [3.63, 3.8) is 0 Å². The molecule has 48 heavy (non-hydrogen) atoms. The highest BCUT2D eigenvalue weighted by molar-refractivity contribution is 8.01. The number of carbonyl (C=O) groups is 4. The number of rotatable bonds is 11. The Hall–Kier alpha value is -4.27. The first-order valence-electron chi connectivity index (χ1n) is 13.0. The van der Waals surface area contributed by atoms with Crippen molar-refractivity contribution in [2.75, 3.05) is 11.6 Å². The minimum atomic E-state index is -5.77. The van der Waals surface area contributed by atoms with Gasteiger partial charge in [0.1, 0.15) is 5.84 Å². The molecule has 1 aromatic heterocycles. The fourth-order valence-electron chi connectivity index (χ4n) is 3.75. The third-order valence-electron chi connectivity index (χ3n) is 6.08. The minimum absolute atomic E-state index is 0.0236. The highest BCUT2D eigenvalue weighted by Gasteiger charge is 2.54. The van der Waals surface area contributed by atoms with Gasteiger partial charge in [-0.3, -0.25) is 24.6 Å². The molecule has 0 aliphatic carbocycles. The van der Waals surface area contributed by atoms with Crippen LogP contribution in [-0.4, -0.2) is 67.5 Å². The number of aryl methyl sites for hydroxylation is 1. The van der Waals surface area contributed by atoms with Crippen molar-refractivity contribution in [1.29, 1.82) is 5.41 Å². The molecule has 0 spiro atoms. The van der Waals surface area contributed by atoms with E-state index in [2.05, 4.69) is 5.32 Å². The molecule has 3 rings (SSSR count). The van der Waals surface area contributed by atoms with E-state index < -0.39 is 51.7 Å². The van der Waals surface area contributed by atoms with Crippen molar-refractivity contribution in [3.8, 4) is 11.1 Å². The van der Waals surface area contributed by atoms with Crippen LogP contribution in [0.4, 0.5) is 32.0 Å². The summed E-state index contributed by atoms with van der Waals surface area (Å²) < 4.78 is 94.4. The number of Topliss-reactive ketones (excluding diaryl/α,β-unsaturated/α-hetero) is 2. The molecule has 0 aliphatic heterocycles. The zero-order chi connectivity index (χ0) is 36.8. The quantitative estimate of drug-likeness (QED) is 0.0588. The molecule has 20 heteroatoms. The van der Waals surface area contributed by atoms with Crippen LogP contribution in [-0.2, 0) is 29.0 Å². The van der Waals surface area contributed by atoms with Gasteiger partial charge in [-0.15, -0.1) is 23.1 Å². The third-order valence-corrected chi connectivity index (χ3v) is 10.4. The summed E-state index contributed by atoms with van der Waals surface area (Å²) in [7, 11) is -3.86. The third kappa shape index (κ3) is 10.4. The highest BCUT2D eigenvalue weighted by atomic mass is 32.2. The van der Waals surface area contributed by atoms with E-state index in [0.717, 1.165) is 11.1 Å². The number of amides is 1. The van der Waals surface area contributed by atoms with E-state index in [1.54, 1.807) is 42.7 Å². The lowest BCUT2D eigenvalue weighted by molar-refractivity contribution is -0.193. The second kappa shape index (κ2) is 15.8. The molecule has 1 atom stereocenters. The van der Waals surface area contributed by atoms with E-state index in [1.807, 2.05) is 6.92 Å². The maximum atomic E-state index is 13.4. The van der Waals surface area contributed by atoms with Crippen LogP contribution in [0.15, 0.2) is 62.5 Å². The number of ketones is 2. The number of thioether (sulfide) groups is 1. The highest BCUT2D eigenvalue weighted by Crippen LogP contribution is 2.38. The molecule has 1 amide bonds. The Morgan fingerprint density at radius 3 is 2.06 bits per heavy atom. The molecule has 3 aromatic rings. The van der Waals surface area contributed by atoms with Gasteiger partial charge in [0.05, 0.1) is 24.9 Å². The lowest BCUT2D eigenvalue weighted by Gasteiger charge is -2.14. The van der Waals surface area contributed by atoms with Crippen LogP contribution in [0, 0.1) is 12.3 Å². The lowest BCUT2D eigenvalue weighted by atomic mass is 10.00. The molecule has 0 saturated heterocycles. The van der Waals surface area contributed by atoms with Gasteiger partial charge in [-0.1, -0.05) is 18.2 Å². The number of hydrogen-bond donors (Lipinski definition) is 5. The van der Waals surface area contributed by atoms with Crippen LogP contribution >= 0.6 is 23.1 Å². The summed E-state index contributed by atoms with van der Waals surface area (Å²) >= 11 is 2.45. The molecule has 0 radical (unpaired) electrons. The number of benzene rings is 2. The monoisotopic (exact) mass is 740 g/mol. The van der Waals surface area contributed by atoms with Gasteiger partial charge in [0, 0.05) is 12.1 Å². The van der Waals surface area contributed by atoms with Crippen LogP contribution in [0.3, 0.4) is 0 Å². The largest absolute Gasteiger partial charge is 0.481 e. The molecule has 0 unspecified atom stereocenters. The van der Waals surface area contributed by atoms with Crippen LogP contribution in [0.25, 0.3) is 11.1 Å². The van der Waals surface area contributed by atoms with E-state index in [-0.39, 0.29) is 28.5 Å². The molecule has 0 bridgehead atoms. The number of nitrogens with two attached hydrogens (primary N) is 2. The topological polar surface area (TPSA) is 211 Å². The predicted octanol–water partition coefficient (Wildman–Crippen LogP) is 4.94. The summed E-state index contributed by atoms with van der Waals surface area (Å²) in [5.41, 5.74) is 14.1. The number of carboxylic acid groups (broad SMARTS) is 1. The maximum Gasteiger partial charge on any atom is 0.458 e. The summed E-state index contributed by atoms with van der Waals surface area (Å²) in [5.74, 6) is -8.51. The van der Waals surface area contributed by atoms with Gasteiger partial charge in [-0.2, -0.15) is 26.3 Å². The van der Waals surface area contributed by atoms with Gasteiger partial charge in [-0.25, -0.2) is 8.42 Å². The molecule has 0 fully saturated rings. The number of aliphatic carboxylic acids is 1. The van der Waals surface area contributed by atoms with Crippen LogP contribution in [0.1, 0.15) is 23.3 Å². The normalized spacial score (nSPS) is 12.4. The zero-order valence-electron chi connectivity index (χ0n) is 24.7. The van der Waals surface area contributed by atoms with Crippen LogP contribution in [0.5, 0.6) is 0 Å². The first kappa shape index (κ1) is 39.9. The Labute approximate surface area is 277 Å². The number of nitrogen functional groups attached to an aromatic ring is 1. The Morgan fingerprint density at radius 2 is 1.58 bits per heavy atom. The number of carbonyl (C=O) groups excluding carboxylic acids is 3. The molecule has 0 aliphatic rings. The summed E-state index contributed by atoms with van der Waals surface area (Å²) in [6, 6.07) is 12.2. The minimum Gasteiger partial charge on any atom is -0.481 e. The number of halogens is 6. The van der Waals surface area contributed by atoms with Gasteiger partial charge in [-0.05, 0) is 66.6 Å². The average Bonchev–Trinajstić information content (AvgIpc) is 3.45. The van der Waals surface area contributed by atoms with Gasteiger partial charge >= 0.3 is 29.9 Å². The number of carboxylic acids is 1. The van der Waals surface area contributed by atoms with Crippen molar-refractivity contribution >= 4 is 67.9 Å². The number of sulfone groups is 1. The molecule has 11 nitrogen and oxygen atoms in total. The lowest BCUT2D eigenvalue weighted by Crippen LogP contribution is -2.39. The Kier molecular flexibility index (Phi) is 13.1. The molecule has 1 heterocycles. The maximum absolute atomic E-state index is 13.4. The smallest absolute Gasteiger partial charge is 0.458 e. The number of nitrogens with one attached hydrogen (secondary N) is 2. The second-order valence-electron chi connectivity index (χ2n) is 9.62. The number of thiophene rings is 1. The first-order valence-corrected chi connectivity index (χ1v) is 16.5. The van der Waals surface area contributed by atoms with Crippen LogP contribution < -0.4 is 16.8 Å². The Balaban J connectivity index is 0.000000567. The van der Waals surface area contributed by atoms with Gasteiger partial charge < -0.3 is 21.9 Å². The summed E-state index contributed by atoms with van der Waals surface area (Å²) in [6.07, 6.45) is -9.95. The molecule has 260 valence electrons. The van der Waals surface area contributed by atoms with Crippen molar-refractivity contribution in [3.05, 3.63) is 59.0 Å². The zero-order valence-corrected chi connectivity index (χ0v) is 27.1. The van der Waals surface area contributed by atoms with Gasteiger partial charge in [0.2, 0.25) is 15.7 Å². The van der Waals surface area contributed by atoms with Gasteiger partial charge in [0.15, 0.2) is 0 Å². The number of anilines is 1. The Morgan fingerprint density at radius 1 is 1.00 bits per heavy atom. The molecule has 2 aromatic carbocycles. The number of hydrogen-bond acceptors (Lipinski definition) is 10. The van der Waals surface area contributed by atoms with E-state index in [4.69, 9.17) is 22.0 Å². The van der Waals surface area contributed by atoms with Gasteiger partial charge in [0.25, 0.3) is 0 Å². The predicted molar refractivity (Wildman–Crippen MR) is 165 cm³/mol. The molecule has 0 saturated carbocycles. The second-order valence-corrected chi connectivity index (χ2v) is 13.7.